The molecule has 1 aromatic heterocycles. The summed E-state index contributed by atoms with van der Waals surface area (Å²) in [7, 11) is 0. The molecule has 1 saturated carbocycles. The van der Waals surface area contributed by atoms with Crippen LogP contribution in [-0.2, 0) is 17.8 Å². The quantitative estimate of drug-likeness (QED) is 0.794. The number of rotatable bonds is 7. The number of hydrogen-bond donors (Lipinski definition) is 2. The Labute approximate surface area is 151 Å². The number of aryl methyl sites for hydroxylation is 1. The highest BCUT2D eigenvalue weighted by Gasteiger charge is 2.33. The molecule has 1 unspecified atom stereocenters. The van der Waals surface area contributed by atoms with Crippen LogP contribution >= 0.6 is 0 Å². The first-order valence-corrected chi connectivity index (χ1v) is 8.90. The van der Waals surface area contributed by atoms with Gasteiger partial charge in [0.1, 0.15) is 0 Å². The van der Waals surface area contributed by atoms with Gasteiger partial charge in [0.2, 0.25) is 5.91 Å². The summed E-state index contributed by atoms with van der Waals surface area (Å²) in [5, 5.41) is 17.2. The van der Waals surface area contributed by atoms with Crippen molar-refractivity contribution in [3.05, 3.63) is 53.9 Å². The number of aromatic nitrogens is 2. The van der Waals surface area contributed by atoms with E-state index in [1.807, 2.05) is 16.9 Å². The van der Waals surface area contributed by atoms with Gasteiger partial charge in [0, 0.05) is 25.4 Å². The van der Waals surface area contributed by atoms with Gasteiger partial charge in [-0.1, -0.05) is 6.07 Å². The van der Waals surface area contributed by atoms with Crippen molar-refractivity contribution in [2.45, 2.75) is 50.8 Å². The van der Waals surface area contributed by atoms with E-state index in [-0.39, 0.29) is 24.3 Å². The summed E-state index contributed by atoms with van der Waals surface area (Å²) in [5.41, 5.74) is 0.664. The largest absolute Gasteiger partial charge is 0.391 e. The molecular formula is C19H23F2N3O2. The third kappa shape index (κ3) is 4.88. The molecule has 140 valence electrons. The molecule has 7 heteroatoms. The van der Waals surface area contributed by atoms with Gasteiger partial charge < -0.3 is 10.4 Å². The highest BCUT2D eigenvalue weighted by molar-refractivity contribution is 5.76. The van der Waals surface area contributed by atoms with Gasteiger partial charge in [-0.3, -0.25) is 9.48 Å². The van der Waals surface area contributed by atoms with Crippen LogP contribution in [0.4, 0.5) is 8.78 Å². The average Bonchev–Trinajstić information content (AvgIpc) is 3.21. The van der Waals surface area contributed by atoms with Crippen LogP contribution in [0.15, 0.2) is 36.7 Å². The molecular weight excluding hydrogens is 340 g/mol. The number of hydrogen-bond acceptors (Lipinski definition) is 3. The molecule has 2 N–H and O–H groups in total. The highest BCUT2D eigenvalue weighted by atomic mass is 19.2. The molecule has 1 fully saturated rings. The molecule has 5 nitrogen and oxygen atoms in total. The van der Waals surface area contributed by atoms with Gasteiger partial charge in [-0.15, -0.1) is 0 Å². The Kier molecular flexibility index (Phi) is 5.98. The van der Waals surface area contributed by atoms with Crippen LogP contribution in [0.2, 0.25) is 0 Å². The maximum absolute atomic E-state index is 13.2. The second-order valence-corrected chi connectivity index (χ2v) is 6.91. The van der Waals surface area contributed by atoms with Crippen LogP contribution in [0.25, 0.3) is 0 Å². The average molecular weight is 363 g/mol. The lowest BCUT2D eigenvalue weighted by atomic mass is 10.1. The number of carbonyl (C=O) groups is 1. The van der Waals surface area contributed by atoms with E-state index in [2.05, 4.69) is 10.4 Å². The van der Waals surface area contributed by atoms with Crippen molar-refractivity contribution in [2.24, 2.45) is 5.92 Å². The van der Waals surface area contributed by atoms with Crippen molar-refractivity contribution in [1.29, 1.82) is 0 Å². The van der Waals surface area contributed by atoms with E-state index in [9.17, 15) is 18.7 Å². The third-order valence-corrected chi connectivity index (χ3v) is 4.83. The Bertz CT molecular complexity index is 736. The molecule has 0 bridgehead atoms. The summed E-state index contributed by atoms with van der Waals surface area (Å²) in [4.78, 5) is 12.1. The Balaban J connectivity index is 1.40. The summed E-state index contributed by atoms with van der Waals surface area (Å²) >= 11 is 0. The fraction of sp³-hybridized carbons (Fsp3) is 0.474. The van der Waals surface area contributed by atoms with E-state index in [1.165, 1.54) is 6.07 Å². The van der Waals surface area contributed by atoms with E-state index in [0.29, 0.717) is 24.8 Å². The molecule has 1 aliphatic rings. The first-order valence-electron chi connectivity index (χ1n) is 8.90. The molecule has 1 aromatic carbocycles. The Morgan fingerprint density at radius 2 is 2.15 bits per heavy atom. The number of amides is 1. The lowest BCUT2D eigenvalue weighted by Crippen LogP contribution is -2.39. The second kappa shape index (κ2) is 8.40. The summed E-state index contributed by atoms with van der Waals surface area (Å²) in [5.74, 6) is -1.59. The molecule has 1 heterocycles. The SMILES string of the molecule is O=C(CCCc1ccc(F)c(F)c1)N[C@@H]1CC(Cn2cccn2)C[C@H]1O. The maximum atomic E-state index is 13.2. The highest BCUT2D eigenvalue weighted by Crippen LogP contribution is 2.27. The molecule has 0 aliphatic heterocycles. The smallest absolute Gasteiger partial charge is 0.220 e. The van der Waals surface area contributed by atoms with Gasteiger partial charge >= 0.3 is 0 Å². The fourth-order valence-corrected chi connectivity index (χ4v) is 3.52. The van der Waals surface area contributed by atoms with Crippen molar-refractivity contribution in [3.63, 3.8) is 0 Å². The zero-order valence-corrected chi connectivity index (χ0v) is 14.4. The van der Waals surface area contributed by atoms with Crippen LogP contribution in [-0.4, -0.2) is 32.9 Å². The zero-order chi connectivity index (χ0) is 18.5. The van der Waals surface area contributed by atoms with Crippen LogP contribution in [0.3, 0.4) is 0 Å². The molecule has 0 spiro atoms. The van der Waals surface area contributed by atoms with Crippen molar-refractivity contribution < 1.29 is 18.7 Å². The van der Waals surface area contributed by atoms with Crippen LogP contribution in [0.5, 0.6) is 0 Å². The summed E-state index contributed by atoms with van der Waals surface area (Å²) < 4.78 is 27.9. The van der Waals surface area contributed by atoms with E-state index in [4.69, 9.17) is 0 Å². The second-order valence-electron chi connectivity index (χ2n) is 6.91. The number of halogens is 2. The molecule has 2 aromatic rings. The molecule has 26 heavy (non-hydrogen) atoms. The number of nitrogens with zero attached hydrogens (tertiary/aromatic N) is 2. The molecule has 0 saturated heterocycles. The molecule has 1 aliphatic carbocycles. The standard InChI is InChI=1S/C19H23F2N3O2/c20-15-6-5-13(9-16(15)21)3-1-4-19(26)23-17-10-14(11-18(17)25)12-24-8-2-7-22-24/h2,5-9,14,17-18,25H,1,3-4,10-12H2,(H,23,26)/t14?,17-,18-/m1/s1. The lowest BCUT2D eigenvalue weighted by Gasteiger charge is -2.16. The molecule has 0 radical (unpaired) electrons. The van der Waals surface area contributed by atoms with E-state index in [1.54, 1.807) is 6.20 Å². The minimum atomic E-state index is -0.871. The number of nitrogens with one attached hydrogen (secondary N) is 1. The van der Waals surface area contributed by atoms with Gasteiger partial charge in [-0.05, 0) is 55.4 Å². The van der Waals surface area contributed by atoms with Crippen LogP contribution in [0, 0.1) is 17.6 Å². The first-order chi connectivity index (χ1) is 12.5. The molecule has 3 rings (SSSR count). The minimum Gasteiger partial charge on any atom is -0.391 e. The summed E-state index contributed by atoms with van der Waals surface area (Å²) in [6.07, 6.45) is 5.73. The predicted octanol–water partition coefficient (Wildman–Crippen LogP) is 2.44. The van der Waals surface area contributed by atoms with E-state index < -0.39 is 17.7 Å². The number of benzene rings is 1. The van der Waals surface area contributed by atoms with Gasteiger partial charge in [0.05, 0.1) is 12.1 Å². The Hall–Kier alpha value is -2.28. The van der Waals surface area contributed by atoms with Gasteiger partial charge in [0.15, 0.2) is 11.6 Å². The normalized spacial score (nSPS) is 22.5. The number of carbonyl (C=O) groups excluding carboxylic acids is 1. The topological polar surface area (TPSA) is 67.2 Å². The van der Waals surface area contributed by atoms with E-state index >= 15 is 0 Å². The molecule has 3 atom stereocenters. The lowest BCUT2D eigenvalue weighted by molar-refractivity contribution is -0.122. The van der Waals surface area contributed by atoms with Gasteiger partial charge in [0.25, 0.3) is 0 Å². The van der Waals surface area contributed by atoms with Crippen LogP contribution < -0.4 is 5.32 Å². The first kappa shape index (κ1) is 18.5. The summed E-state index contributed by atoms with van der Waals surface area (Å²) in [6, 6.07) is 5.40. The van der Waals surface area contributed by atoms with E-state index in [0.717, 1.165) is 25.1 Å². The van der Waals surface area contributed by atoms with Gasteiger partial charge in [-0.25, -0.2) is 8.78 Å². The number of aliphatic hydroxyl groups excluding tert-OH is 1. The predicted molar refractivity (Wildman–Crippen MR) is 92.2 cm³/mol. The zero-order valence-electron chi connectivity index (χ0n) is 14.4. The molecule has 1 amide bonds. The van der Waals surface area contributed by atoms with Crippen molar-refractivity contribution in [3.8, 4) is 0 Å². The Morgan fingerprint density at radius 1 is 1.31 bits per heavy atom. The van der Waals surface area contributed by atoms with Crippen molar-refractivity contribution in [1.82, 2.24) is 15.1 Å². The van der Waals surface area contributed by atoms with Crippen molar-refractivity contribution in [2.75, 3.05) is 0 Å². The fourth-order valence-electron chi connectivity index (χ4n) is 3.52. The minimum absolute atomic E-state index is 0.128. The Morgan fingerprint density at radius 3 is 2.88 bits per heavy atom. The third-order valence-electron chi connectivity index (χ3n) is 4.83. The number of aliphatic hydroxyl groups is 1. The maximum Gasteiger partial charge on any atom is 0.220 e. The van der Waals surface area contributed by atoms with Gasteiger partial charge in [-0.2, -0.15) is 5.10 Å². The summed E-state index contributed by atoms with van der Waals surface area (Å²) in [6.45, 7) is 0.729. The van der Waals surface area contributed by atoms with Crippen LogP contribution in [0.1, 0.15) is 31.2 Å². The monoisotopic (exact) mass is 363 g/mol. The van der Waals surface area contributed by atoms with Crippen molar-refractivity contribution >= 4 is 5.91 Å².